The molecular formula is C13H15ClN4O3. The van der Waals surface area contributed by atoms with Crippen molar-refractivity contribution in [2.24, 2.45) is 7.05 Å². The summed E-state index contributed by atoms with van der Waals surface area (Å²) in [6, 6.07) is 7.08. The van der Waals surface area contributed by atoms with E-state index >= 15 is 0 Å². The minimum Gasteiger partial charge on any atom is -0.492 e. The number of imidazole rings is 1. The van der Waals surface area contributed by atoms with Crippen LogP contribution in [0.25, 0.3) is 0 Å². The summed E-state index contributed by atoms with van der Waals surface area (Å²) in [6.07, 6.45) is 1.42. The first-order valence-electron chi connectivity index (χ1n) is 6.24. The second kappa shape index (κ2) is 6.45. The van der Waals surface area contributed by atoms with Gasteiger partial charge in [-0.15, -0.1) is 0 Å². The van der Waals surface area contributed by atoms with Crippen LogP contribution in [0, 0.1) is 10.1 Å². The van der Waals surface area contributed by atoms with Crippen LogP contribution in [0.5, 0.6) is 5.75 Å². The number of nitro groups is 1. The van der Waals surface area contributed by atoms with Crippen LogP contribution < -0.4 is 9.64 Å². The fourth-order valence-corrected chi connectivity index (χ4v) is 2.12. The number of benzene rings is 1. The molecule has 0 fully saturated rings. The van der Waals surface area contributed by atoms with Crippen LogP contribution in [0.3, 0.4) is 0 Å². The first-order valence-corrected chi connectivity index (χ1v) is 6.62. The second-order valence-electron chi connectivity index (χ2n) is 4.49. The molecule has 0 saturated carbocycles. The zero-order valence-corrected chi connectivity index (χ0v) is 12.4. The van der Waals surface area contributed by atoms with E-state index in [1.165, 1.54) is 6.33 Å². The molecule has 0 aliphatic carbocycles. The molecule has 0 amide bonds. The van der Waals surface area contributed by atoms with Crippen LogP contribution in [0.4, 0.5) is 11.6 Å². The van der Waals surface area contributed by atoms with Gasteiger partial charge >= 0.3 is 5.82 Å². The van der Waals surface area contributed by atoms with Gasteiger partial charge in [0.1, 0.15) is 12.4 Å². The molecule has 2 aromatic rings. The van der Waals surface area contributed by atoms with Crippen LogP contribution >= 0.6 is 11.6 Å². The van der Waals surface area contributed by atoms with Crippen LogP contribution in [0.15, 0.2) is 30.6 Å². The molecule has 0 N–H and O–H groups in total. The summed E-state index contributed by atoms with van der Waals surface area (Å²) in [5, 5.41) is 11.5. The maximum Gasteiger partial charge on any atom is 0.406 e. The molecule has 1 heterocycles. The molecule has 0 aliphatic heterocycles. The molecule has 2 rings (SSSR count). The molecule has 21 heavy (non-hydrogen) atoms. The predicted octanol–water partition coefficient (Wildman–Crippen LogP) is 2.50. The standard InChI is InChI=1S/C13H15ClN4O3/c1-16(13-12(18(19)20)15-9-17(13)2)6-7-21-11-5-3-4-10(14)8-11/h3-5,8-9H,6-7H2,1-2H3. The normalized spacial score (nSPS) is 10.4. The Morgan fingerprint density at radius 2 is 2.29 bits per heavy atom. The predicted molar refractivity (Wildman–Crippen MR) is 80.1 cm³/mol. The number of halogens is 1. The van der Waals surface area contributed by atoms with Crippen LogP contribution in [-0.2, 0) is 7.05 Å². The van der Waals surface area contributed by atoms with Gasteiger partial charge in [0, 0.05) is 19.1 Å². The van der Waals surface area contributed by atoms with Crippen LogP contribution in [-0.4, -0.2) is 34.7 Å². The number of ether oxygens (including phenoxy) is 1. The molecule has 1 aromatic heterocycles. The van der Waals surface area contributed by atoms with E-state index in [4.69, 9.17) is 16.3 Å². The average Bonchev–Trinajstić information content (AvgIpc) is 2.81. The molecule has 0 aliphatic rings. The fraction of sp³-hybridized carbons (Fsp3) is 0.308. The Kier molecular flexibility index (Phi) is 4.64. The number of nitrogens with zero attached hydrogens (tertiary/aromatic N) is 4. The van der Waals surface area contributed by atoms with Gasteiger partial charge in [0.2, 0.25) is 12.1 Å². The highest BCUT2D eigenvalue weighted by Crippen LogP contribution is 2.24. The fourth-order valence-electron chi connectivity index (χ4n) is 1.94. The maximum absolute atomic E-state index is 10.9. The number of likely N-dealkylation sites (N-methyl/N-ethyl adjacent to an activating group) is 1. The Bertz CT molecular complexity index is 644. The zero-order chi connectivity index (χ0) is 15.4. The summed E-state index contributed by atoms with van der Waals surface area (Å²) in [5.74, 6) is 0.938. The lowest BCUT2D eigenvalue weighted by Crippen LogP contribution is -2.26. The highest BCUT2D eigenvalue weighted by Gasteiger charge is 2.23. The number of anilines is 1. The van der Waals surface area contributed by atoms with Crippen molar-refractivity contribution in [3.05, 3.63) is 45.7 Å². The minimum absolute atomic E-state index is 0.164. The van der Waals surface area contributed by atoms with Gasteiger partial charge in [-0.3, -0.25) is 4.57 Å². The second-order valence-corrected chi connectivity index (χ2v) is 4.92. The molecule has 112 valence electrons. The highest BCUT2D eigenvalue weighted by molar-refractivity contribution is 6.30. The Balaban J connectivity index is 1.98. The van der Waals surface area contributed by atoms with Crippen molar-refractivity contribution < 1.29 is 9.66 Å². The molecular weight excluding hydrogens is 296 g/mol. The SMILES string of the molecule is CN(CCOc1cccc(Cl)c1)c1c([N+](=O)[O-])ncn1C. The third-order valence-corrected chi connectivity index (χ3v) is 3.15. The summed E-state index contributed by atoms with van der Waals surface area (Å²) in [6.45, 7) is 0.853. The Labute approximate surface area is 126 Å². The molecule has 1 aromatic carbocycles. The average molecular weight is 311 g/mol. The van der Waals surface area contributed by atoms with E-state index < -0.39 is 4.92 Å². The summed E-state index contributed by atoms with van der Waals surface area (Å²) in [5.41, 5.74) is 0. The lowest BCUT2D eigenvalue weighted by Gasteiger charge is -2.18. The van der Waals surface area contributed by atoms with E-state index in [1.807, 2.05) is 0 Å². The third kappa shape index (κ3) is 3.63. The van der Waals surface area contributed by atoms with Crippen molar-refractivity contribution in [3.63, 3.8) is 0 Å². The molecule has 0 radical (unpaired) electrons. The molecule has 0 atom stereocenters. The molecule has 0 spiro atoms. The largest absolute Gasteiger partial charge is 0.492 e. The van der Waals surface area contributed by atoms with E-state index in [1.54, 1.807) is 47.8 Å². The van der Waals surface area contributed by atoms with Crippen molar-refractivity contribution in [1.29, 1.82) is 0 Å². The maximum atomic E-state index is 10.9. The quantitative estimate of drug-likeness (QED) is 0.605. The van der Waals surface area contributed by atoms with Gasteiger partial charge in [-0.05, 0) is 28.1 Å². The van der Waals surface area contributed by atoms with Crippen LogP contribution in [0.1, 0.15) is 0 Å². The molecule has 0 bridgehead atoms. The van der Waals surface area contributed by atoms with Crippen molar-refractivity contribution in [2.75, 3.05) is 25.1 Å². The molecule has 0 unspecified atom stereocenters. The molecule has 8 heteroatoms. The van der Waals surface area contributed by atoms with Crippen molar-refractivity contribution >= 4 is 23.2 Å². The zero-order valence-electron chi connectivity index (χ0n) is 11.7. The molecule has 7 nitrogen and oxygen atoms in total. The monoisotopic (exact) mass is 310 g/mol. The smallest absolute Gasteiger partial charge is 0.406 e. The van der Waals surface area contributed by atoms with Gasteiger partial charge in [-0.25, -0.2) is 0 Å². The van der Waals surface area contributed by atoms with E-state index in [9.17, 15) is 10.1 Å². The van der Waals surface area contributed by atoms with Gasteiger partial charge in [0.15, 0.2) is 0 Å². The van der Waals surface area contributed by atoms with Gasteiger partial charge in [-0.2, -0.15) is 0 Å². The number of aryl methyl sites for hydroxylation is 1. The highest BCUT2D eigenvalue weighted by atomic mass is 35.5. The van der Waals surface area contributed by atoms with Gasteiger partial charge in [0.05, 0.1) is 6.54 Å². The lowest BCUT2D eigenvalue weighted by atomic mass is 10.3. The van der Waals surface area contributed by atoms with Gasteiger partial charge in [-0.1, -0.05) is 17.7 Å². The minimum atomic E-state index is -0.496. The lowest BCUT2D eigenvalue weighted by molar-refractivity contribution is -0.388. The van der Waals surface area contributed by atoms with Crippen LogP contribution in [0.2, 0.25) is 5.02 Å². The Hall–Kier alpha value is -2.28. The van der Waals surface area contributed by atoms with Gasteiger partial charge in [0.25, 0.3) is 0 Å². The first-order chi connectivity index (χ1) is 9.99. The Morgan fingerprint density at radius 3 is 2.95 bits per heavy atom. The number of rotatable bonds is 6. The first kappa shape index (κ1) is 15.1. The van der Waals surface area contributed by atoms with E-state index in [0.29, 0.717) is 29.7 Å². The molecule has 0 saturated heterocycles. The Morgan fingerprint density at radius 1 is 1.52 bits per heavy atom. The third-order valence-electron chi connectivity index (χ3n) is 2.91. The summed E-state index contributed by atoms with van der Waals surface area (Å²) in [4.78, 5) is 15.9. The summed E-state index contributed by atoms with van der Waals surface area (Å²) < 4.78 is 7.18. The summed E-state index contributed by atoms with van der Waals surface area (Å²) in [7, 11) is 3.47. The van der Waals surface area contributed by atoms with Crippen molar-refractivity contribution in [2.45, 2.75) is 0 Å². The van der Waals surface area contributed by atoms with Gasteiger partial charge < -0.3 is 19.8 Å². The summed E-state index contributed by atoms with van der Waals surface area (Å²) >= 11 is 5.87. The number of hydrogen-bond acceptors (Lipinski definition) is 5. The topological polar surface area (TPSA) is 73.4 Å². The van der Waals surface area contributed by atoms with Crippen molar-refractivity contribution in [1.82, 2.24) is 9.55 Å². The van der Waals surface area contributed by atoms with Crippen molar-refractivity contribution in [3.8, 4) is 5.75 Å². The number of hydrogen-bond donors (Lipinski definition) is 0. The van der Waals surface area contributed by atoms with E-state index in [0.717, 1.165) is 0 Å². The number of aromatic nitrogens is 2. The van der Waals surface area contributed by atoms with E-state index in [2.05, 4.69) is 4.98 Å². The van der Waals surface area contributed by atoms with E-state index in [-0.39, 0.29) is 5.82 Å².